The highest BCUT2D eigenvalue weighted by Gasteiger charge is 2.23. The van der Waals surface area contributed by atoms with Crippen LogP contribution in [-0.4, -0.2) is 33.6 Å². The van der Waals surface area contributed by atoms with Crippen molar-refractivity contribution in [2.24, 2.45) is 0 Å². The predicted molar refractivity (Wildman–Crippen MR) is 102 cm³/mol. The minimum atomic E-state index is -3.72. The van der Waals surface area contributed by atoms with Crippen molar-refractivity contribution in [3.8, 4) is 0 Å². The van der Waals surface area contributed by atoms with Crippen molar-refractivity contribution in [3.05, 3.63) is 59.7 Å². The third-order valence-electron chi connectivity index (χ3n) is 3.77. The number of sulfonamides is 1. The first kappa shape index (κ1) is 19.9. The molecular weight excluding hydrogens is 352 g/mol. The van der Waals surface area contributed by atoms with Crippen LogP contribution in [0.5, 0.6) is 0 Å². The summed E-state index contributed by atoms with van der Waals surface area (Å²) in [5.74, 6) is -0.514. The largest absolute Gasteiger partial charge is 0.464 e. The summed E-state index contributed by atoms with van der Waals surface area (Å²) in [6.45, 7) is 5.64. The van der Waals surface area contributed by atoms with Gasteiger partial charge < -0.3 is 10.1 Å². The van der Waals surface area contributed by atoms with Gasteiger partial charge in [0.15, 0.2) is 0 Å². The van der Waals surface area contributed by atoms with E-state index in [2.05, 4.69) is 10.0 Å². The lowest BCUT2D eigenvalue weighted by Crippen LogP contribution is -2.42. The average Bonchev–Trinajstić information content (AvgIpc) is 2.61. The molecule has 0 aliphatic rings. The minimum absolute atomic E-state index is 0.122. The van der Waals surface area contributed by atoms with E-state index in [1.54, 1.807) is 19.1 Å². The number of benzene rings is 2. The third kappa shape index (κ3) is 5.57. The zero-order valence-corrected chi connectivity index (χ0v) is 16.0. The minimum Gasteiger partial charge on any atom is -0.464 e. The van der Waals surface area contributed by atoms with Gasteiger partial charge in [0.1, 0.15) is 6.04 Å². The SMILES string of the molecule is CCOC(=O)C(CNS(=O)(=O)c1ccc(C)cc1)Nc1ccc(C)cc1. The van der Waals surface area contributed by atoms with Gasteiger partial charge in [0, 0.05) is 12.2 Å². The Morgan fingerprint density at radius 3 is 2.08 bits per heavy atom. The molecule has 0 amide bonds. The molecule has 26 heavy (non-hydrogen) atoms. The van der Waals surface area contributed by atoms with E-state index in [9.17, 15) is 13.2 Å². The molecule has 0 fully saturated rings. The van der Waals surface area contributed by atoms with E-state index in [4.69, 9.17) is 4.74 Å². The van der Waals surface area contributed by atoms with Crippen molar-refractivity contribution >= 4 is 21.7 Å². The zero-order chi connectivity index (χ0) is 19.2. The number of ether oxygens (including phenoxy) is 1. The first-order valence-corrected chi connectivity index (χ1v) is 9.86. The number of carbonyl (C=O) groups is 1. The molecule has 140 valence electrons. The molecule has 7 heteroatoms. The lowest BCUT2D eigenvalue weighted by Gasteiger charge is -2.19. The number of anilines is 1. The molecule has 0 aliphatic heterocycles. The van der Waals surface area contributed by atoms with Crippen molar-refractivity contribution in [2.75, 3.05) is 18.5 Å². The van der Waals surface area contributed by atoms with E-state index in [0.717, 1.165) is 11.1 Å². The summed E-state index contributed by atoms with van der Waals surface area (Å²) in [7, 11) is -3.72. The molecule has 2 aromatic rings. The van der Waals surface area contributed by atoms with E-state index < -0.39 is 22.0 Å². The van der Waals surface area contributed by atoms with Crippen LogP contribution >= 0.6 is 0 Å². The van der Waals surface area contributed by atoms with E-state index in [0.29, 0.717) is 5.69 Å². The highest BCUT2D eigenvalue weighted by atomic mass is 32.2. The molecule has 0 saturated heterocycles. The number of nitrogens with one attached hydrogen (secondary N) is 2. The molecular formula is C19H24N2O4S. The van der Waals surface area contributed by atoms with Crippen LogP contribution < -0.4 is 10.0 Å². The summed E-state index contributed by atoms with van der Waals surface area (Å²) < 4.78 is 32.4. The van der Waals surface area contributed by atoms with Gasteiger partial charge in [0.25, 0.3) is 0 Å². The van der Waals surface area contributed by atoms with Crippen LogP contribution in [-0.2, 0) is 19.6 Å². The van der Waals surface area contributed by atoms with Crippen molar-refractivity contribution in [1.82, 2.24) is 4.72 Å². The second-order valence-corrected chi connectivity index (χ2v) is 7.75. The van der Waals surface area contributed by atoms with Crippen molar-refractivity contribution < 1.29 is 17.9 Å². The first-order chi connectivity index (χ1) is 12.3. The van der Waals surface area contributed by atoms with Crippen LogP contribution in [0.2, 0.25) is 0 Å². The summed E-state index contributed by atoms with van der Waals surface area (Å²) in [5.41, 5.74) is 2.76. The molecule has 2 rings (SSSR count). The second kappa shape index (κ2) is 8.82. The zero-order valence-electron chi connectivity index (χ0n) is 15.2. The Morgan fingerprint density at radius 1 is 1.00 bits per heavy atom. The Hall–Kier alpha value is -2.38. The van der Waals surface area contributed by atoms with Gasteiger partial charge in [-0.05, 0) is 45.0 Å². The highest BCUT2D eigenvalue weighted by Crippen LogP contribution is 2.13. The van der Waals surface area contributed by atoms with E-state index in [-0.39, 0.29) is 18.0 Å². The van der Waals surface area contributed by atoms with Crippen LogP contribution in [0.1, 0.15) is 18.1 Å². The summed E-state index contributed by atoms with van der Waals surface area (Å²) in [4.78, 5) is 12.3. The third-order valence-corrected chi connectivity index (χ3v) is 5.21. The fraction of sp³-hybridized carbons (Fsp3) is 0.316. The van der Waals surface area contributed by atoms with Gasteiger partial charge in [-0.3, -0.25) is 0 Å². The maximum atomic E-state index is 12.4. The number of hydrogen-bond donors (Lipinski definition) is 2. The van der Waals surface area contributed by atoms with Gasteiger partial charge in [0.2, 0.25) is 10.0 Å². The molecule has 0 radical (unpaired) electrons. The standard InChI is InChI=1S/C19H24N2O4S/c1-4-25-19(22)18(21-16-9-5-14(2)6-10-16)13-20-26(23,24)17-11-7-15(3)8-12-17/h5-12,18,20-21H,4,13H2,1-3H3. The van der Waals surface area contributed by atoms with E-state index in [1.165, 1.54) is 12.1 Å². The average molecular weight is 376 g/mol. The van der Waals surface area contributed by atoms with Crippen molar-refractivity contribution in [1.29, 1.82) is 0 Å². The highest BCUT2D eigenvalue weighted by molar-refractivity contribution is 7.89. The van der Waals surface area contributed by atoms with Crippen molar-refractivity contribution in [2.45, 2.75) is 31.7 Å². The first-order valence-electron chi connectivity index (χ1n) is 8.38. The van der Waals surface area contributed by atoms with Gasteiger partial charge in [-0.25, -0.2) is 17.9 Å². The maximum absolute atomic E-state index is 12.4. The van der Waals surface area contributed by atoms with Crippen LogP contribution in [0.4, 0.5) is 5.69 Å². The number of rotatable bonds is 8. The Labute approximate surface area is 154 Å². The number of aryl methyl sites for hydroxylation is 2. The lowest BCUT2D eigenvalue weighted by molar-refractivity contribution is -0.143. The molecule has 2 aromatic carbocycles. The summed E-state index contributed by atoms with van der Waals surface area (Å²) in [5, 5.41) is 3.02. The summed E-state index contributed by atoms with van der Waals surface area (Å²) in [6.07, 6.45) is 0. The Balaban J connectivity index is 2.11. The molecule has 0 aromatic heterocycles. The quantitative estimate of drug-likeness (QED) is 0.692. The monoisotopic (exact) mass is 376 g/mol. The fourth-order valence-electron chi connectivity index (χ4n) is 2.28. The van der Waals surface area contributed by atoms with Crippen LogP contribution in [0.3, 0.4) is 0 Å². The molecule has 1 atom stereocenters. The number of carbonyl (C=O) groups excluding carboxylic acids is 1. The molecule has 0 bridgehead atoms. The van der Waals surface area contributed by atoms with E-state index >= 15 is 0 Å². The fourth-order valence-corrected chi connectivity index (χ4v) is 3.33. The van der Waals surface area contributed by atoms with Gasteiger partial charge in [-0.2, -0.15) is 0 Å². The van der Waals surface area contributed by atoms with Gasteiger partial charge in [-0.1, -0.05) is 35.4 Å². The Bertz CT molecular complexity index is 831. The van der Waals surface area contributed by atoms with Gasteiger partial charge in [-0.15, -0.1) is 0 Å². The Morgan fingerprint density at radius 2 is 1.54 bits per heavy atom. The normalized spacial score (nSPS) is 12.4. The van der Waals surface area contributed by atoms with Crippen molar-refractivity contribution in [3.63, 3.8) is 0 Å². The topological polar surface area (TPSA) is 84.5 Å². The molecule has 6 nitrogen and oxygen atoms in total. The second-order valence-electron chi connectivity index (χ2n) is 5.98. The Kier molecular flexibility index (Phi) is 6.76. The predicted octanol–water partition coefficient (Wildman–Crippen LogP) is 2.63. The van der Waals surface area contributed by atoms with Gasteiger partial charge >= 0.3 is 5.97 Å². The molecule has 0 heterocycles. The maximum Gasteiger partial charge on any atom is 0.329 e. The van der Waals surface area contributed by atoms with Crippen LogP contribution in [0.15, 0.2) is 53.4 Å². The molecule has 0 aliphatic carbocycles. The summed E-state index contributed by atoms with van der Waals surface area (Å²) in [6, 6.07) is 13.1. The van der Waals surface area contributed by atoms with Crippen LogP contribution in [0.25, 0.3) is 0 Å². The smallest absolute Gasteiger partial charge is 0.329 e. The summed E-state index contributed by atoms with van der Waals surface area (Å²) >= 11 is 0. The van der Waals surface area contributed by atoms with Gasteiger partial charge in [0.05, 0.1) is 11.5 Å². The van der Waals surface area contributed by atoms with Crippen LogP contribution in [0, 0.1) is 13.8 Å². The molecule has 2 N–H and O–H groups in total. The van der Waals surface area contributed by atoms with E-state index in [1.807, 2.05) is 38.1 Å². The molecule has 0 spiro atoms. The molecule has 1 unspecified atom stereocenters. The molecule has 0 saturated carbocycles. The number of hydrogen-bond acceptors (Lipinski definition) is 5. The number of esters is 1. The lowest BCUT2D eigenvalue weighted by atomic mass is 10.2.